The van der Waals surface area contributed by atoms with Gasteiger partial charge in [-0.05, 0) is 6.92 Å². The molecule has 0 heterocycles. The Morgan fingerprint density at radius 3 is 3.00 bits per heavy atom. The number of hydrogen-bond acceptors (Lipinski definition) is 1. The quantitative estimate of drug-likeness (QED) is 0.375. The van der Waals surface area contributed by atoms with Crippen molar-refractivity contribution < 1.29 is 4.74 Å². The first-order valence-electron chi connectivity index (χ1n) is 2.05. The number of nitrogens with zero attached hydrogens (tertiary/aromatic N) is 1. The smallest absolute Gasteiger partial charge is 0.187 e. The van der Waals surface area contributed by atoms with Gasteiger partial charge >= 0.3 is 0 Å². The Labute approximate surface area is 43.2 Å². The summed E-state index contributed by atoms with van der Waals surface area (Å²) in [6, 6.07) is 0. The minimum absolute atomic E-state index is 0.631. The van der Waals surface area contributed by atoms with Gasteiger partial charge in [0.15, 0.2) is 6.20 Å². The molecule has 0 atom stereocenters. The highest BCUT2D eigenvalue weighted by Gasteiger charge is 1.63. The summed E-state index contributed by atoms with van der Waals surface area (Å²) in [5, 5.41) is 0. The van der Waals surface area contributed by atoms with Crippen molar-refractivity contribution in [1.82, 2.24) is 0 Å². The van der Waals surface area contributed by atoms with Crippen molar-refractivity contribution in [2.24, 2.45) is 0 Å². The number of rotatable bonds is 2. The first-order valence-corrected chi connectivity index (χ1v) is 2.05. The van der Waals surface area contributed by atoms with Crippen LogP contribution in [0.4, 0.5) is 0 Å². The van der Waals surface area contributed by atoms with Crippen LogP contribution in [0.1, 0.15) is 6.92 Å². The van der Waals surface area contributed by atoms with Crippen LogP contribution in [0.3, 0.4) is 0 Å². The summed E-state index contributed by atoms with van der Waals surface area (Å²) in [5.41, 5.74) is 0. The van der Waals surface area contributed by atoms with Crippen LogP contribution in [0.2, 0.25) is 0 Å². The van der Waals surface area contributed by atoms with E-state index in [0.29, 0.717) is 6.61 Å². The lowest BCUT2D eigenvalue weighted by Crippen LogP contribution is -1.73. The average molecular weight is 97.1 g/mol. The molecule has 0 bridgehead atoms. The molecule has 2 heteroatoms. The van der Waals surface area contributed by atoms with E-state index in [4.69, 9.17) is 6.57 Å². The average Bonchev–Trinajstić information content (AvgIpc) is 1.69. The summed E-state index contributed by atoms with van der Waals surface area (Å²) in [4.78, 5) is 2.92. The number of hydrogen-bond donors (Lipinski definition) is 0. The molecule has 0 aromatic rings. The van der Waals surface area contributed by atoms with Gasteiger partial charge in [0.25, 0.3) is 0 Å². The molecule has 0 saturated heterocycles. The molecule has 0 aromatic heterocycles. The van der Waals surface area contributed by atoms with Gasteiger partial charge in [-0.3, -0.25) is 0 Å². The van der Waals surface area contributed by atoms with Gasteiger partial charge in [0.05, 0.1) is 19.4 Å². The van der Waals surface area contributed by atoms with Crippen LogP contribution in [0.15, 0.2) is 12.5 Å². The molecular weight excluding hydrogens is 90.1 g/mol. The zero-order chi connectivity index (χ0) is 5.54. The summed E-state index contributed by atoms with van der Waals surface area (Å²) in [6.07, 6.45) is 2.66. The van der Waals surface area contributed by atoms with Gasteiger partial charge in [0.2, 0.25) is 0 Å². The predicted molar refractivity (Wildman–Crippen MR) is 27.4 cm³/mol. The lowest BCUT2D eigenvalue weighted by atomic mass is 10.8. The maximum Gasteiger partial charge on any atom is 0.187 e. The van der Waals surface area contributed by atoms with Crippen molar-refractivity contribution in [3.8, 4) is 0 Å². The molecule has 0 aromatic carbocycles. The Hall–Kier alpha value is -0.970. The van der Waals surface area contributed by atoms with Crippen molar-refractivity contribution in [2.45, 2.75) is 6.92 Å². The SMILES string of the molecule is [C-]#[N+]/C=C/OCC. The maximum atomic E-state index is 6.24. The van der Waals surface area contributed by atoms with Crippen molar-refractivity contribution in [3.05, 3.63) is 23.9 Å². The first-order chi connectivity index (χ1) is 3.41. The molecule has 0 unspecified atom stereocenters. The molecule has 2 nitrogen and oxygen atoms in total. The molecule has 0 N–H and O–H groups in total. The third-order valence-corrected chi connectivity index (χ3v) is 0.398. The maximum absolute atomic E-state index is 6.24. The standard InChI is InChI=1S/C5H7NO/c1-3-7-5-4-6-2/h4-5H,3H2,1H3/b5-4+. The van der Waals surface area contributed by atoms with Crippen LogP contribution in [0, 0.1) is 6.57 Å². The van der Waals surface area contributed by atoms with Gasteiger partial charge in [-0.2, -0.15) is 0 Å². The second-order valence-corrected chi connectivity index (χ2v) is 0.870. The minimum Gasteiger partial charge on any atom is -0.513 e. The van der Waals surface area contributed by atoms with E-state index in [1.165, 1.54) is 12.5 Å². The monoisotopic (exact) mass is 97.1 g/mol. The molecule has 0 aliphatic heterocycles. The Morgan fingerprint density at radius 1 is 1.86 bits per heavy atom. The molecule has 0 rings (SSSR count). The molecule has 0 aliphatic carbocycles. The third-order valence-electron chi connectivity index (χ3n) is 0.398. The highest BCUT2D eigenvalue weighted by molar-refractivity contribution is 4.82. The Kier molecular flexibility index (Phi) is 4.33. The summed E-state index contributed by atoms with van der Waals surface area (Å²) in [7, 11) is 0. The van der Waals surface area contributed by atoms with E-state index in [9.17, 15) is 0 Å². The fourth-order valence-corrected chi connectivity index (χ4v) is 0.170. The van der Waals surface area contributed by atoms with Crippen molar-refractivity contribution >= 4 is 0 Å². The predicted octanol–water partition coefficient (Wildman–Crippen LogP) is 1.41. The van der Waals surface area contributed by atoms with Gasteiger partial charge in [-0.15, -0.1) is 0 Å². The van der Waals surface area contributed by atoms with Crippen LogP contribution in [0.25, 0.3) is 4.85 Å². The molecule has 0 radical (unpaired) electrons. The van der Waals surface area contributed by atoms with Gasteiger partial charge < -0.3 is 4.74 Å². The van der Waals surface area contributed by atoms with Crippen LogP contribution in [0.5, 0.6) is 0 Å². The molecule has 7 heavy (non-hydrogen) atoms. The van der Waals surface area contributed by atoms with Gasteiger partial charge in [-0.25, -0.2) is 4.85 Å². The summed E-state index contributed by atoms with van der Waals surface area (Å²) in [6.45, 7) is 8.74. The Balaban J connectivity index is 2.97. The second-order valence-electron chi connectivity index (χ2n) is 0.870. The summed E-state index contributed by atoms with van der Waals surface area (Å²) < 4.78 is 4.68. The lowest BCUT2D eigenvalue weighted by molar-refractivity contribution is 0.269. The summed E-state index contributed by atoms with van der Waals surface area (Å²) >= 11 is 0. The van der Waals surface area contributed by atoms with E-state index in [1.807, 2.05) is 6.92 Å². The van der Waals surface area contributed by atoms with E-state index >= 15 is 0 Å². The highest BCUT2D eigenvalue weighted by atomic mass is 16.5. The zero-order valence-electron chi connectivity index (χ0n) is 4.22. The topological polar surface area (TPSA) is 13.6 Å². The Morgan fingerprint density at radius 2 is 2.57 bits per heavy atom. The van der Waals surface area contributed by atoms with E-state index in [2.05, 4.69) is 9.58 Å². The van der Waals surface area contributed by atoms with Crippen LogP contribution in [-0.4, -0.2) is 6.61 Å². The fraction of sp³-hybridized carbons (Fsp3) is 0.400. The molecule has 0 aliphatic rings. The number of ether oxygens (including phenoxy) is 1. The molecule has 0 amide bonds. The molecular formula is C5H7NO. The van der Waals surface area contributed by atoms with E-state index in [-0.39, 0.29) is 0 Å². The largest absolute Gasteiger partial charge is 0.513 e. The molecule has 0 fully saturated rings. The van der Waals surface area contributed by atoms with Gasteiger partial charge in [0, 0.05) is 0 Å². The third kappa shape index (κ3) is 5.03. The molecule has 0 saturated carbocycles. The summed E-state index contributed by atoms with van der Waals surface area (Å²) in [5.74, 6) is 0. The van der Waals surface area contributed by atoms with E-state index in [1.54, 1.807) is 0 Å². The zero-order valence-corrected chi connectivity index (χ0v) is 4.22. The molecule has 0 spiro atoms. The van der Waals surface area contributed by atoms with Crippen molar-refractivity contribution in [2.75, 3.05) is 6.61 Å². The highest BCUT2D eigenvalue weighted by Crippen LogP contribution is 1.74. The van der Waals surface area contributed by atoms with Crippen molar-refractivity contribution in [3.63, 3.8) is 0 Å². The van der Waals surface area contributed by atoms with Gasteiger partial charge in [-0.1, -0.05) is 0 Å². The Bertz CT molecular complexity index is 90.7. The first kappa shape index (κ1) is 6.03. The minimum atomic E-state index is 0.631. The van der Waals surface area contributed by atoms with E-state index < -0.39 is 0 Å². The molecule has 38 valence electrons. The fourth-order valence-electron chi connectivity index (χ4n) is 0.170. The van der Waals surface area contributed by atoms with Crippen LogP contribution in [-0.2, 0) is 4.74 Å². The van der Waals surface area contributed by atoms with E-state index in [0.717, 1.165) is 0 Å². The van der Waals surface area contributed by atoms with Crippen LogP contribution < -0.4 is 0 Å². The second kappa shape index (κ2) is 5.03. The lowest BCUT2D eigenvalue weighted by Gasteiger charge is -1.86. The van der Waals surface area contributed by atoms with Crippen LogP contribution >= 0.6 is 0 Å². The normalized spacial score (nSPS) is 8.57. The van der Waals surface area contributed by atoms with Crippen molar-refractivity contribution in [1.29, 1.82) is 0 Å². The van der Waals surface area contributed by atoms with Gasteiger partial charge in [0.1, 0.15) is 0 Å².